The third-order valence-corrected chi connectivity index (χ3v) is 2.66. The number of carboxylic acids is 1. The molecular weight excluding hydrogens is 258 g/mol. The first-order chi connectivity index (χ1) is 9.51. The van der Waals surface area contributed by atoms with Crippen LogP contribution in [-0.2, 0) is 11.2 Å². The first-order valence-electron chi connectivity index (χ1n) is 6.26. The molecule has 6 nitrogen and oxygen atoms in total. The first-order valence-corrected chi connectivity index (χ1v) is 6.26. The van der Waals surface area contributed by atoms with E-state index in [4.69, 9.17) is 10.4 Å². The number of urea groups is 1. The van der Waals surface area contributed by atoms with Gasteiger partial charge in [-0.1, -0.05) is 12.1 Å². The Hall–Kier alpha value is -2.55. The number of nitrogens with one attached hydrogen (secondary N) is 2. The summed E-state index contributed by atoms with van der Waals surface area (Å²) in [6.45, 7) is 1.75. The number of benzene rings is 1. The molecule has 0 radical (unpaired) electrons. The van der Waals surface area contributed by atoms with Crippen LogP contribution in [0, 0.1) is 11.3 Å². The van der Waals surface area contributed by atoms with Crippen molar-refractivity contribution in [2.75, 3.05) is 5.32 Å². The Morgan fingerprint density at radius 1 is 1.35 bits per heavy atom. The molecule has 106 valence electrons. The molecule has 0 bridgehead atoms. The zero-order valence-electron chi connectivity index (χ0n) is 11.2. The number of amides is 2. The molecule has 0 spiro atoms. The lowest BCUT2D eigenvalue weighted by Crippen LogP contribution is -2.36. The van der Waals surface area contributed by atoms with E-state index >= 15 is 0 Å². The van der Waals surface area contributed by atoms with Gasteiger partial charge in [0.15, 0.2) is 0 Å². The maximum absolute atomic E-state index is 11.7. The summed E-state index contributed by atoms with van der Waals surface area (Å²) in [6.07, 6.45) is 0.729. The molecule has 1 aromatic carbocycles. The van der Waals surface area contributed by atoms with Crippen LogP contribution in [0.4, 0.5) is 10.5 Å². The van der Waals surface area contributed by atoms with E-state index < -0.39 is 5.97 Å². The number of carbonyl (C=O) groups is 2. The van der Waals surface area contributed by atoms with Gasteiger partial charge in [-0.05, 0) is 31.0 Å². The van der Waals surface area contributed by atoms with Crippen molar-refractivity contribution in [3.05, 3.63) is 29.8 Å². The summed E-state index contributed by atoms with van der Waals surface area (Å²) in [5.74, 6) is -0.882. The van der Waals surface area contributed by atoms with Crippen LogP contribution in [-0.4, -0.2) is 23.1 Å². The smallest absolute Gasteiger partial charge is 0.319 e. The predicted octanol–water partition coefficient (Wildman–Crippen LogP) is 2.13. The number of hydrogen-bond donors (Lipinski definition) is 3. The van der Waals surface area contributed by atoms with Gasteiger partial charge < -0.3 is 15.7 Å². The summed E-state index contributed by atoms with van der Waals surface area (Å²) >= 11 is 0. The van der Waals surface area contributed by atoms with Crippen LogP contribution in [0.1, 0.15) is 25.3 Å². The Balaban J connectivity index is 2.42. The Morgan fingerprint density at radius 3 is 2.55 bits per heavy atom. The van der Waals surface area contributed by atoms with Crippen LogP contribution >= 0.6 is 0 Å². The molecule has 0 aliphatic heterocycles. The van der Waals surface area contributed by atoms with E-state index in [9.17, 15) is 9.59 Å². The minimum Gasteiger partial charge on any atom is -0.481 e. The Morgan fingerprint density at radius 2 is 2.00 bits per heavy atom. The van der Waals surface area contributed by atoms with Crippen molar-refractivity contribution < 1.29 is 14.7 Å². The number of nitrogens with zero attached hydrogens (tertiary/aromatic N) is 1. The quantitative estimate of drug-likeness (QED) is 0.740. The molecule has 0 aromatic heterocycles. The van der Waals surface area contributed by atoms with Crippen molar-refractivity contribution in [1.82, 2.24) is 5.32 Å². The summed E-state index contributed by atoms with van der Waals surface area (Å²) < 4.78 is 0. The second-order valence-electron chi connectivity index (χ2n) is 4.46. The molecule has 0 heterocycles. The van der Waals surface area contributed by atoms with Crippen molar-refractivity contribution in [3.63, 3.8) is 0 Å². The van der Waals surface area contributed by atoms with Gasteiger partial charge >= 0.3 is 12.0 Å². The maximum Gasteiger partial charge on any atom is 0.319 e. The van der Waals surface area contributed by atoms with Gasteiger partial charge in [-0.25, -0.2) is 4.79 Å². The molecule has 0 fully saturated rings. The molecule has 3 N–H and O–H groups in total. The Labute approximate surface area is 117 Å². The maximum atomic E-state index is 11.7. The van der Waals surface area contributed by atoms with Gasteiger partial charge in [0, 0.05) is 18.2 Å². The van der Waals surface area contributed by atoms with Crippen LogP contribution in [0.5, 0.6) is 0 Å². The summed E-state index contributed by atoms with van der Waals surface area (Å²) in [4.78, 5) is 22.1. The lowest BCUT2D eigenvalue weighted by atomic mass is 10.1. The number of carboxylic acid groups (broad SMARTS) is 1. The highest BCUT2D eigenvalue weighted by atomic mass is 16.4. The fraction of sp³-hybridized carbons (Fsp3) is 0.357. The average molecular weight is 275 g/mol. The largest absolute Gasteiger partial charge is 0.481 e. The van der Waals surface area contributed by atoms with E-state index in [0.29, 0.717) is 18.5 Å². The number of carbonyl (C=O) groups excluding carboxylic acids is 1. The fourth-order valence-corrected chi connectivity index (χ4v) is 1.60. The minimum absolute atomic E-state index is 0.0182. The Bertz CT molecular complexity index is 505. The lowest BCUT2D eigenvalue weighted by molar-refractivity contribution is -0.137. The number of aliphatic carboxylic acids is 1. The zero-order valence-corrected chi connectivity index (χ0v) is 11.2. The second-order valence-corrected chi connectivity index (χ2v) is 4.46. The molecule has 1 rings (SSSR count). The van der Waals surface area contributed by atoms with Crippen LogP contribution in [0.2, 0.25) is 0 Å². The molecule has 0 saturated carbocycles. The van der Waals surface area contributed by atoms with Crippen molar-refractivity contribution in [2.24, 2.45) is 0 Å². The highest BCUT2D eigenvalue weighted by Gasteiger charge is 2.09. The van der Waals surface area contributed by atoms with Gasteiger partial charge in [0.2, 0.25) is 0 Å². The Kier molecular flexibility index (Phi) is 6.04. The minimum atomic E-state index is -0.882. The summed E-state index contributed by atoms with van der Waals surface area (Å²) in [5.41, 5.74) is 1.50. The van der Waals surface area contributed by atoms with Crippen LogP contribution in [0.25, 0.3) is 0 Å². The van der Waals surface area contributed by atoms with Crippen LogP contribution in [0.15, 0.2) is 24.3 Å². The normalized spacial score (nSPS) is 11.2. The van der Waals surface area contributed by atoms with E-state index in [2.05, 4.69) is 10.6 Å². The fourth-order valence-electron chi connectivity index (χ4n) is 1.60. The molecule has 1 unspecified atom stereocenters. The highest BCUT2D eigenvalue weighted by molar-refractivity contribution is 5.89. The molecule has 1 aromatic rings. The van der Waals surface area contributed by atoms with Gasteiger partial charge in [0.05, 0.1) is 12.5 Å². The van der Waals surface area contributed by atoms with Gasteiger partial charge in [-0.3, -0.25) is 4.79 Å². The van der Waals surface area contributed by atoms with Crippen LogP contribution in [0.3, 0.4) is 0 Å². The zero-order chi connectivity index (χ0) is 15.0. The van der Waals surface area contributed by atoms with Gasteiger partial charge in [-0.2, -0.15) is 5.26 Å². The molecule has 0 saturated heterocycles. The highest BCUT2D eigenvalue weighted by Crippen LogP contribution is 2.09. The number of rotatable bonds is 6. The molecule has 0 aliphatic rings. The molecule has 0 aliphatic carbocycles. The lowest BCUT2D eigenvalue weighted by Gasteiger charge is -2.13. The number of anilines is 1. The molecule has 2 amide bonds. The summed E-state index contributed by atoms with van der Waals surface area (Å²) in [7, 11) is 0. The van der Waals surface area contributed by atoms with Crippen molar-refractivity contribution >= 4 is 17.7 Å². The summed E-state index contributed by atoms with van der Waals surface area (Å²) in [5, 5.41) is 22.4. The average Bonchev–Trinajstić information content (AvgIpc) is 2.39. The summed E-state index contributed by atoms with van der Waals surface area (Å²) in [6, 6.07) is 8.42. The SMILES string of the molecule is CC(CCC(=O)O)NC(=O)Nc1ccc(CC#N)cc1. The third-order valence-electron chi connectivity index (χ3n) is 2.66. The second kappa shape index (κ2) is 7.79. The molecule has 6 heteroatoms. The molecule has 20 heavy (non-hydrogen) atoms. The van der Waals surface area contributed by atoms with E-state index in [-0.39, 0.29) is 18.5 Å². The van der Waals surface area contributed by atoms with Crippen molar-refractivity contribution in [1.29, 1.82) is 5.26 Å². The van der Waals surface area contributed by atoms with E-state index in [0.717, 1.165) is 5.56 Å². The monoisotopic (exact) mass is 275 g/mol. The third kappa shape index (κ3) is 5.87. The van der Waals surface area contributed by atoms with Gasteiger partial charge in [0.25, 0.3) is 0 Å². The van der Waals surface area contributed by atoms with Crippen molar-refractivity contribution in [3.8, 4) is 6.07 Å². The van der Waals surface area contributed by atoms with Gasteiger partial charge in [0.1, 0.15) is 0 Å². The topological polar surface area (TPSA) is 102 Å². The van der Waals surface area contributed by atoms with E-state index in [1.54, 1.807) is 31.2 Å². The van der Waals surface area contributed by atoms with E-state index in [1.165, 1.54) is 0 Å². The molecule has 1 atom stereocenters. The number of nitriles is 1. The van der Waals surface area contributed by atoms with Crippen LogP contribution < -0.4 is 10.6 Å². The van der Waals surface area contributed by atoms with Crippen molar-refractivity contribution in [2.45, 2.75) is 32.2 Å². The molecular formula is C14H17N3O3. The number of hydrogen-bond acceptors (Lipinski definition) is 3. The predicted molar refractivity (Wildman–Crippen MR) is 74.2 cm³/mol. The standard InChI is InChI=1S/C14H17N3O3/c1-10(2-7-13(18)19)16-14(20)17-12-5-3-11(4-6-12)8-9-15/h3-6,10H,2,7-8H2,1H3,(H,18,19)(H2,16,17,20). The van der Waals surface area contributed by atoms with Gasteiger partial charge in [-0.15, -0.1) is 0 Å². The first kappa shape index (κ1) is 15.5. The van der Waals surface area contributed by atoms with E-state index in [1.807, 2.05) is 6.07 Å².